The minimum atomic E-state index is -0.605. The van der Waals surface area contributed by atoms with Gasteiger partial charge in [-0.05, 0) is 18.2 Å². The van der Waals surface area contributed by atoms with Crippen LogP contribution in [0.3, 0.4) is 0 Å². The average molecular weight is 262 g/mol. The molecule has 2 heterocycles. The minimum Gasteiger partial charge on any atom is -0.465 e. The number of rotatable bonds is 2. The first-order valence-electron chi connectivity index (χ1n) is 5.44. The van der Waals surface area contributed by atoms with Crippen molar-refractivity contribution in [2.75, 3.05) is 19.6 Å². The Kier molecular flexibility index (Phi) is 2.52. The molecule has 3 rings (SSSR count). The van der Waals surface area contributed by atoms with Gasteiger partial charge in [0, 0.05) is 5.56 Å². The number of carbonyl (C=O) groups excluding carboxylic acids is 1. The highest BCUT2D eigenvalue weighted by Crippen LogP contribution is 2.37. The van der Waals surface area contributed by atoms with Crippen molar-refractivity contribution in [2.24, 2.45) is 0 Å². The van der Waals surface area contributed by atoms with Crippen LogP contribution in [0.1, 0.15) is 10.4 Å². The highest BCUT2D eigenvalue weighted by atomic mass is 16.7. The zero-order chi connectivity index (χ0) is 13.4. The number of aromatic nitrogens is 1. The van der Waals surface area contributed by atoms with E-state index in [1.165, 1.54) is 7.11 Å². The molecule has 2 aromatic rings. The lowest BCUT2D eigenvalue weighted by Gasteiger charge is -2.02. The highest BCUT2D eigenvalue weighted by molar-refractivity contribution is 6.00. The van der Waals surface area contributed by atoms with Gasteiger partial charge < -0.3 is 24.5 Å². The van der Waals surface area contributed by atoms with E-state index in [1.54, 1.807) is 18.2 Å². The first kappa shape index (κ1) is 11.4. The van der Waals surface area contributed by atoms with Gasteiger partial charge >= 0.3 is 5.97 Å². The van der Waals surface area contributed by atoms with Gasteiger partial charge in [0.2, 0.25) is 12.7 Å². The van der Waals surface area contributed by atoms with Gasteiger partial charge in [0.25, 0.3) is 0 Å². The van der Waals surface area contributed by atoms with E-state index in [0.29, 0.717) is 22.8 Å². The molecule has 1 aliphatic rings. The molecule has 0 fully saturated rings. The number of benzene rings is 1. The summed E-state index contributed by atoms with van der Waals surface area (Å²) in [5.41, 5.74) is 6.62. The second-order valence-electron chi connectivity index (χ2n) is 3.83. The third kappa shape index (κ3) is 1.75. The minimum absolute atomic E-state index is 0.0838. The summed E-state index contributed by atoms with van der Waals surface area (Å²) < 4.78 is 20.0. The number of esters is 1. The Morgan fingerprint density at radius 1 is 1.37 bits per heavy atom. The molecule has 0 spiro atoms. The number of ether oxygens (including phenoxy) is 3. The molecular formula is C12H10N2O5. The number of fused-ring (bicyclic) bond motifs is 1. The summed E-state index contributed by atoms with van der Waals surface area (Å²) in [5.74, 6) is 0.528. The van der Waals surface area contributed by atoms with Crippen molar-refractivity contribution in [2.45, 2.75) is 0 Å². The van der Waals surface area contributed by atoms with E-state index in [4.69, 9.17) is 19.7 Å². The molecule has 0 atom stereocenters. The fourth-order valence-corrected chi connectivity index (χ4v) is 1.84. The molecule has 2 N–H and O–H groups in total. The molecule has 0 radical (unpaired) electrons. The maximum Gasteiger partial charge on any atom is 0.345 e. The molecule has 0 unspecified atom stereocenters. The van der Waals surface area contributed by atoms with E-state index in [1.807, 2.05) is 0 Å². The topological polar surface area (TPSA) is 96.8 Å². The second-order valence-corrected chi connectivity index (χ2v) is 3.83. The Labute approximate surface area is 107 Å². The lowest BCUT2D eigenvalue weighted by atomic mass is 10.1. The van der Waals surface area contributed by atoms with Gasteiger partial charge in [-0.2, -0.15) is 0 Å². The number of nitrogen functional groups attached to an aromatic ring is 1. The maximum absolute atomic E-state index is 11.7. The molecule has 1 aromatic heterocycles. The molecule has 0 amide bonds. The van der Waals surface area contributed by atoms with Crippen LogP contribution in [0.2, 0.25) is 0 Å². The first-order chi connectivity index (χ1) is 9.20. The number of hydrogen-bond donors (Lipinski definition) is 1. The van der Waals surface area contributed by atoms with Crippen molar-refractivity contribution in [3.05, 3.63) is 23.8 Å². The predicted molar refractivity (Wildman–Crippen MR) is 63.8 cm³/mol. The van der Waals surface area contributed by atoms with Crippen LogP contribution in [0.4, 0.5) is 5.88 Å². The van der Waals surface area contributed by atoms with E-state index in [2.05, 4.69) is 9.89 Å². The van der Waals surface area contributed by atoms with Crippen LogP contribution in [-0.2, 0) is 4.74 Å². The number of hydrogen-bond acceptors (Lipinski definition) is 7. The Morgan fingerprint density at radius 3 is 2.95 bits per heavy atom. The first-order valence-corrected chi connectivity index (χ1v) is 5.44. The molecule has 19 heavy (non-hydrogen) atoms. The highest BCUT2D eigenvalue weighted by Gasteiger charge is 2.24. The maximum atomic E-state index is 11.7. The number of methoxy groups -OCH3 is 1. The summed E-state index contributed by atoms with van der Waals surface area (Å²) in [6.07, 6.45) is 0. The standard InChI is InChI=1S/C12H10N2O5/c1-16-12(15)9-10(14-19-11(9)13)6-2-3-7-8(4-6)18-5-17-7/h2-4H,5,13H2,1H3. The number of anilines is 1. The van der Waals surface area contributed by atoms with Crippen molar-refractivity contribution >= 4 is 11.9 Å². The van der Waals surface area contributed by atoms with Gasteiger partial charge in [-0.3, -0.25) is 0 Å². The van der Waals surface area contributed by atoms with Crippen molar-refractivity contribution in [3.8, 4) is 22.8 Å². The van der Waals surface area contributed by atoms with Gasteiger partial charge in [0.15, 0.2) is 17.1 Å². The van der Waals surface area contributed by atoms with Crippen LogP contribution in [-0.4, -0.2) is 25.0 Å². The summed E-state index contributed by atoms with van der Waals surface area (Å²) in [6.45, 7) is 0.170. The molecule has 0 aliphatic carbocycles. The smallest absolute Gasteiger partial charge is 0.345 e. The lowest BCUT2D eigenvalue weighted by Crippen LogP contribution is -2.04. The summed E-state index contributed by atoms with van der Waals surface area (Å²) in [5, 5.41) is 3.78. The van der Waals surface area contributed by atoms with Crippen LogP contribution in [0.15, 0.2) is 22.7 Å². The summed E-state index contributed by atoms with van der Waals surface area (Å²) in [4.78, 5) is 11.7. The molecule has 7 nitrogen and oxygen atoms in total. The fraction of sp³-hybridized carbons (Fsp3) is 0.167. The lowest BCUT2D eigenvalue weighted by molar-refractivity contribution is 0.0602. The van der Waals surface area contributed by atoms with Crippen molar-refractivity contribution in [3.63, 3.8) is 0 Å². The van der Waals surface area contributed by atoms with E-state index < -0.39 is 5.97 Å². The van der Waals surface area contributed by atoms with Crippen molar-refractivity contribution < 1.29 is 23.5 Å². The Bertz CT molecular complexity index is 650. The molecule has 0 bridgehead atoms. The van der Waals surface area contributed by atoms with Gasteiger partial charge in [-0.1, -0.05) is 5.16 Å². The van der Waals surface area contributed by atoms with E-state index in [0.717, 1.165) is 0 Å². The van der Waals surface area contributed by atoms with Gasteiger partial charge in [0.05, 0.1) is 7.11 Å². The number of nitrogens with two attached hydrogens (primary N) is 1. The van der Waals surface area contributed by atoms with E-state index in [-0.39, 0.29) is 18.2 Å². The fourth-order valence-electron chi connectivity index (χ4n) is 1.84. The van der Waals surface area contributed by atoms with Crippen molar-refractivity contribution in [1.29, 1.82) is 0 Å². The van der Waals surface area contributed by atoms with Gasteiger partial charge in [-0.15, -0.1) is 0 Å². The monoisotopic (exact) mass is 262 g/mol. The molecule has 1 aromatic carbocycles. The zero-order valence-electron chi connectivity index (χ0n) is 10.0. The Morgan fingerprint density at radius 2 is 2.16 bits per heavy atom. The largest absolute Gasteiger partial charge is 0.465 e. The SMILES string of the molecule is COC(=O)c1c(-c2ccc3c(c2)OCO3)noc1N. The third-order valence-electron chi connectivity index (χ3n) is 2.75. The third-order valence-corrected chi connectivity index (χ3v) is 2.75. The van der Waals surface area contributed by atoms with Gasteiger partial charge in [0.1, 0.15) is 5.69 Å². The molecule has 0 saturated carbocycles. The van der Waals surface area contributed by atoms with Crippen LogP contribution in [0.5, 0.6) is 11.5 Å². The Balaban J connectivity index is 2.10. The Hall–Kier alpha value is -2.70. The van der Waals surface area contributed by atoms with Gasteiger partial charge in [-0.25, -0.2) is 4.79 Å². The van der Waals surface area contributed by atoms with E-state index in [9.17, 15) is 4.79 Å². The van der Waals surface area contributed by atoms with Crippen LogP contribution >= 0.6 is 0 Å². The quantitative estimate of drug-likeness (QED) is 0.818. The van der Waals surface area contributed by atoms with Crippen LogP contribution < -0.4 is 15.2 Å². The number of nitrogens with zero attached hydrogens (tertiary/aromatic N) is 1. The summed E-state index contributed by atoms with van der Waals surface area (Å²) in [6, 6.07) is 5.16. The van der Waals surface area contributed by atoms with Crippen molar-refractivity contribution in [1.82, 2.24) is 5.16 Å². The molecule has 0 saturated heterocycles. The molecule has 7 heteroatoms. The van der Waals surface area contributed by atoms with Crippen LogP contribution in [0.25, 0.3) is 11.3 Å². The predicted octanol–water partition coefficient (Wildman–Crippen LogP) is 1.44. The number of carbonyl (C=O) groups is 1. The van der Waals surface area contributed by atoms with Crippen LogP contribution in [0, 0.1) is 0 Å². The molecular weight excluding hydrogens is 252 g/mol. The van der Waals surface area contributed by atoms with E-state index >= 15 is 0 Å². The second kappa shape index (κ2) is 4.20. The summed E-state index contributed by atoms with van der Waals surface area (Å²) >= 11 is 0. The zero-order valence-corrected chi connectivity index (χ0v) is 10.0. The molecule has 98 valence electrons. The normalized spacial score (nSPS) is 12.5. The average Bonchev–Trinajstić information content (AvgIpc) is 3.03. The molecule has 1 aliphatic heterocycles. The summed E-state index contributed by atoms with van der Waals surface area (Å²) in [7, 11) is 1.26.